The van der Waals surface area contributed by atoms with Gasteiger partial charge in [0.1, 0.15) is 0 Å². The van der Waals surface area contributed by atoms with Crippen LogP contribution >= 0.6 is 11.6 Å². The fourth-order valence-corrected chi connectivity index (χ4v) is 1.21. The highest BCUT2D eigenvalue weighted by atomic mass is 35.5. The summed E-state index contributed by atoms with van der Waals surface area (Å²) in [5, 5.41) is 0.617. The molecule has 0 bridgehead atoms. The molecule has 1 rings (SSSR count). The molecule has 0 saturated carbocycles. The fourth-order valence-electron chi connectivity index (χ4n) is 1.02. The highest BCUT2D eigenvalue weighted by molar-refractivity contribution is 6.30. The molecule has 70 valence electrons. The first-order chi connectivity index (χ1) is 5.94. The average Bonchev–Trinajstić information content (AvgIpc) is 2.04. The van der Waals surface area contributed by atoms with Crippen LogP contribution in [0.25, 0.3) is 0 Å². The van der Waals surface area contributed by atoms with Gasteiger partial charge in [0.2, 0.25) is 5.91 Å². The Bertz CT molecular complexity index is 333. The van der Waals surface area contributed by atoms with Gasteiger partial charge in [-0.25, -0.2) is 0 Å². The Labute approximate surface area is 82.7 Å². The molecular formula is C10H12ClNO. The molecule has 0 aliphatic rings. The summed E-state index contributed by atoms with van der Waals surface area (Å²) >= 11 is 5.80. The number of rotatable bonds is 2. The van der Waals surface area contributed by atoms with E-state index < -0.39 is 5.41 Å². The Kier molecular flexibility index (Phi) is 2.62. The molecule has 13 heavy (non-hydrogen) atoms. The fraction of sp³-hybridized carbons (Fsp3) is 0.300. The number of benzene rings is 1. The van der Waals surface area contributed by atoms with Gasteiger partial charge in [0.05, 0.1) is 5.41 Å². The van der Waals surface area contributed by atoms with E-state index in [1.165, 1.54) is 0 Å². The van der Waals surface area contributed by atoms with Crippen molar-refractivity contribution < 1.29 is 4.79 Å². The summed E-state index contributed by atoms with van der Waals surface area (Å²) in [7, 11) is 0. The molecule has 0 aliphatic heterocycles. The second-order valence-electron chi connectivity index (χ2n) is 3.50. The van der Waals surface area contributed by atoms with E-state index in [-0.39, 0.29) is 5.91 Å². The van der Waals surface area contributed by atoms with Gasteiger partial charge in [-0.3, -0.25) is 4.79 Å². The maximum Gasteiger partial charge on any atom is 0.227 e. The molecule has 0 aliphatic carbocycles. The molecule has 0 saturated heterocycles. The van der Waals surface area contributed by atoms with Crippen LogP contribution in [0.3, 0.4) is 0 Å². The number of amides is 1. The third-order valence-electron chi connectivity index (χ3n) is 2.16. The summed E-state index contributed by atoms with van der Waals surface area (Å²) in [6.45, 7) is 3.56. The first kappa shape index (κ1) is 10.1. The van der Waals surface area contributed by atoms with Crippen LogP contribution in [0.4, 0.5) is 0 Å². The molecular weight excluding hydrogens is 186 g/mol. The molecule has 2 nitrogen and oxygen atoms in total. The van der Waals surface area contributed by atoms with E-state index in [4.69, 9.17) is 17.3 Å². The van der Waals surface area contributed by atoms with Gasteiger partial charge < -0.3 is 5.73 Å². The van der Waals surface area contributed by atoms with Crippen LogP contribution in [-0.2, 0) is 10.2 Å². The molecule has 0 radical (unpaired) electrons. The second-order valence-corrected chi connectivity index (χ2v) is 3.94. The van der Waals surface area contributed by atoms with E-state index in [0.717, 1.165) is 5.56 Å². The van der Waals surface area contributed by atoms with Crippen molar-refractivity contribution in [3.05, 3.63) is 34.9 Å². The highest BCUT2D eigenvalue weighted by Gasteiger charge is 2.27. The topological polar surface area (TPSA) is 43.1 Å². The Hall–Kier alpha value is -1.02. The summed E-state index contributed by atoms with van der Waals surface area (Å²) in [5.41, 5.74) is 5.45. The predicted octanol–water partition coefficient (Wildman–Crippen LogP) is 2.10. The number of halogens is 1. The monoisotopic (exact) mass is 197 g/mol. The number of nitrogens with two attached hydrogens (primary N) is 1. The van der Waals surface area contributed by atoms with E-state index >= 15 is 0 Å². The van der Waals surface area contributed by atoms with E-state index in [1.807, 2.05) is 12.1 Å². The number of hydrogen-bond acceptors (Lipinski definition) is 1. The first-order valence-electron chi connectivity index (χ1n) is 4.00. The van der Waals surface area contributed by atoms with E-state index in [2.05, 4.69) is 0 Å². The van der Waals surface area contributed by atoms with Crippen molar-refractivity contribution in [3.63, 3.8) is 0 Å². The lowest BCUT2D eigenvalue weighted by atomic mass is 9.84. The quantitative estimate of drug-likeness (QED) is 0.776. The molecule has 1 amide bonds. The number of primary amides is 1. The molecule has 0 unspecified atom stereocenters. The van der Waals surface area contributed by atoms with E-state index in [0.29, 0.717) is 5.02 Å². The molecule has 0 atom stereocenters. The zero-order chi connectivity index (χ0) is 10.1. The number of carbonyl (C=O) groups is 1. The summed E-state index contributed by atoms with van der Waals surface area (Å²) < 4.78 is 0. The maximum absolute atomic E-state index is 11.1. The minimum absolute atomic E-state index is 0.352. The van der Waals surface area contributed by atoms with Gasteiger partial charge in [-0.2, -0.15) is 0 Å². The van der Waals surface area contributed by atoms with Gasteiger partial charge in [-0.05, 0) is 31.5 Å². The normalized spacial score (nSPS) is 11.3. The third kappa shape index (κ3) is 2.01. The Morgan fingerprint density at radius 3 is 2.54 bits per heavy atom. The second kappa shape index (κ2) is 3.38. The minimum Gasteiger partial charge on any atom is -0.369 e. The Morgan fingerprint density at radius 2 is 2.08 bits per heavy atom. The van der Waals surface area contributed by atoms with E-state index in [9.17, 15) is 4.79 Å². The zero-order valence-electron chi connectivity index (χ0n) is 7.67. The third-order valence-corrected chi connectivity index (χ3v) is 2.40. The van der Waals surface area contributed by atoms with Gasteiger partial charge in [0, 0.05) is 5.02 Å². The molecule has 2 N–H and O–H groups in total. The van der Waals surface area contributed by atoms with Crippen molar-refractivity contribution in [3.8, 4) is 0 Å². The van der Waals surface area contributed by atoms with Crippen LogP contribution in [0.1, 0.15) is 19.4 Å². The van der Waals surface area contributed by atoms with Crippen LogP contribution in [0, 0.1) is 0 Å². The summed E-state index contributed by atoms with van der Waals surface area (Å²) in [6, 6.07) is 7.17. The van der Waals surface area contributed by atoms with Crippen LogP contribution in [0.2, 0.25) is 5.02 Å². The summed E-state index contributed by atoms with van der Waals surface area (Å²) in [6.07, 6.45) is 0. The standard InChI is InChI=1S/C10H12ClNO/c1-10(2,9(12)13)7-4-3-5-8(11)6-7/h3-6H,1-2H3,(H2,12,13). The van der Waals surface area contributed by atoms with E-state index in [1.54, 1.807) is 26.0 Å². The van der Waals surface area contributed by atoms with Crippen molar-refractivity contribution in [2.45, 2.75) is 19.3 Å². The first-order valence-corrected chi connectivity index (χ1v) is 4.38. The lowest BCUT2D eigenvalue weighted by molar-refractivity contribution is -0.122. The van der Waals surface area contributed by atoms with Gasteiger partial charge >= 0.3 is 0 Å². The number of hydrogen-bond donors (Lipinski definition) is 1. The highest BCUT2D eigenvalue weighted by Crippen LogP contribution is 2.24. The molecule has 0 fully saturated rings. The molecule has 0 heterocycles. The van der Waals surface area contributed by atoms with Crippen molar-refractivity contribution in [2.24, 2.45) is 5.73 Å². The zero-order valence-corrected chi connectivity index (χ0v) is 8.43. The van der Waals surface area contributed by atoms with Crippen molar-refractivity contribution in [1.82, 2.24) is 0 Å². The van der Waals surface area contributed by atoms with Gasteiger partial charge in [-0.1, -0.05) is 23.7 Å². The maximum atomic E-state index is 11.1. The van der Waals surface area contributed by atoms with Crippen LogP contribution in [-0.4, -0.2) is 5.91 Å². The predicted molar refractivity (Wildman–Crippen MR) is 53.7 cm³/mol. The smallest absolute Gasteiger partial charge is 0.227 e. The van der Waals surface area contributed by atoms with Crippen molar-refractivity contribution in [1.29, 1.82) is 0 Å². The SMILES string of the molecule is CC(C)(C(N)=O)c1cccc(Cl)c1. The van der Waals surface area contributed by atoms with Crippen molar-refractivity contribution >= 4 is 17.5 Å². The largest absolute Gasteiger partial charge is 0.369 e. The van der Waals surface area contributed by atoms with Gasteiger partial charge in [0.15, 0.2) is 0 Å². The molecule has 3 heteroatoms. The van der Waals surface area contributed by atoms with Crippen LogP contribution in [0.5, 0.6) is 0 Å². The molecule has 0 aromatic heterocycles. The Morgan fingerprint density at radius 1 is 1.46 bits per heavy atom. The lowest BCUT2D eigenvalue weighted by Crippen LogP contribution is -2.35. The van der Waals surface area contributed by atoms with Gasteiger partial charge in [-0.15, -0.1) is 0 Å². The number of carbonyl (C=O) groups excluding carboxylic acids is 1. The van der Waals surface area contributed by atoms with Crippen molar-refractivity contribution in [2.75, 3.05) is 0 Å². The minimum atomic E-state index is -0.662. The average molecular weight is 198 g/mol. The van der Waals surface area contributed by atoms with Crippen LogP contribution < -0.4 is 5.73 Å². The van der Waals surface area contributed by atoms with Gasteiger partial charge in [0.25, 0.3) is 0 Å². The molecule has 1 aromatic rings. The molecule has 1 aromatic carbocycles. The lowest BCUT2D eigenvalue weighted by Gasteiger charge is -2.20. The summed E-state index contributed by atoms with van der Waals surface area (Å²) in [5.74, 6) is -0.352. The summed E-state index contributed by atoms with van der Waals surface area (Å²) in [4.78, 5) is 11.1. The molecule has 0 spiro atoms. The van der Waals surface area contributed by atoms with Crippen LogP contribution in [0.15, 0.2) is 24.3 Å². The Balaban J connectivity index is 3.14.